The van der Waals surface area contributed by atoms with Gasteiger partial charge in [-0.15, -0.1) is 0 Å². The summed E-state index contributed by atoms with van der Waals surface area (Å²) >= 11 is 0. The van der Waals surface area contributed by atoms with E-state index >= 15 is 0 Å². The van der Waals surface area contributed by atoms with Crippen LogP contribution in [0.2, 0.25) is 0 Å². The SMILES string of the molecule is c1ccc2[nH]c(C(CC3CCCCC3)C3CCCCC3)nc2c1. The van der Waals surface area contributed by atoms with Crippen LogP contribution in [0.1, 0.15) is 82.4 Å². The highest BCUT2D eigenvalue weighted by molar-refractivity contribution is 5.74. The molecule has 2 saturated carbocycles. The summed E-state index contributed by atoms with van der Waals surface area (Å²) in [7, 11) is 0. The van der Waals surface area contributed by atoms with Gasteiger partial charge in [-0.2, -0.15) is 0 Å². The van der Waals surface area contributed by atoms with Crippen LogP contribution in [0.5, 0.6) is 0 Å². The molecule has 1 unspecified atom stereocenters. The first kappa shape index (κ1) is 15.2. The van der Waals surface area contributed by atoms with E-state index in [0.29, 0.717) is 5.92 Å². The van der Waals surface area contributed by atoms with Crippen LogP contribution < -0.4 is 0 Å². The molecular weight excluding hydrogens is 280 g/mol. The third-order valence-electron chi connectivity index (χ3n) is 6.29. The Labute approximate surface area is 140 Å². The number of benzene rings is 1. The quantitative estimate of drug-likeness (QED) is 0.716. The number of nitrogens with zero attached hydrogens (tertiary/aromatic N) is 1. The summed E-state index contributed by atoms with van der Waals surface area (Å²) in [5.74, 6) is 3.73. The van der Waals surface area contributed by atoms with Gasteiger partial charge in [0, 0.05) is 5.92 Å². The summed E-state index contributed by atoms with van der Waals surface area (Å²) < 4.78 is 0. The summed E-state index contributed by atoms with van der Waals surface area (Å²) in [6, 6.07) is 8.53. The molecule has 0 radical (unpaired) electrons. The van der Waals surface area contributed by atoms with E-state index in [2.05, 4.69) is 29.2 Å². The van der Waals surface area contributed by atoms with Gasteiger partial charge in [-0.3, -0.25) is 0 Å². The van der Waals surface area contributed by atoms with Crippen molar-refractivity contribution in [2.75, 3.05) is 0 Å². The van der Waals surface area contributed by atoms with Crippen molar-refractivity contribution >= 4 is 11.0 Å². The van der Waals surface area contributed by atoms with Crippen molar-refractivity contribution in [3.8, 4) is 0 Å². The molecule has 2 nitrogen and oxygen atoms in total. The topological polar surface area (TPSA) is 28.7 Å². The Balaban J connectivity index is 1.59. The Morgan fingerprint density at radius 3 is 2.35 bits per heavy atom. The van der Waals surface area contributed by atoms with Crippen LogP contribution in [0.3, 0.4) is 0 Å². The van der Waals surface area contributed by atoms with Crippen molar-refractivity contribution in [3.05, 3.63) is 30.1 Å². The predicted molar refractivity (Wildman–Crippen MR) is 96.6 cm³/mol. The maximum atomic E-state index is 5.00. The normalized spacial score (nSPS) is 22.4. The number of nitrogens with one attached hydrogen (secondary N) is 1. The van der Waals surface area contributed by atoms with Gasteiger partial charge in [0.15, 0.2) is 0 Å². The van der Waals surface area contributed by atoms with Crippen molar-refractivity contribution in [1.29, 1.82) is 0 Å². The van der Waals surface area contributed by atoms with Gasteiger partial charge in [-0.25, -0.2) is 4.98 Å². The Hall–Kier alpha value is -1.31. The fourth-order valence-corrected chi connectivity index (χ4v) is 4.99. The number of para-hydroxylation sites is 2. The lowest BCUT2D eigenvalue weighted by Crippen LogP contribution is -2.21. The number of imidazole rings is 1. The van der Waals surface area contributed by atoms with Crippen molar-refractivity contribution in [3.63, 3.8) is 0 Å². The zero-order valence-electron chi connectivity index (χ0n) is 14.3. The fourth-order valence-electron chi connectivity index (χ4n) is 4.99. The van der Waals surface area contributed by atoms with Crippen LogP contribution >= 0.6 is 0 Å². The summed E-state index contributed by atoms with van der Waals surface area (Å²) in [5.41, 5.74) is 2.36. The lowest BCUT2D eigenvalue weighted by molar-refractivity contribution is 0.235. The minimum atomic E-state index is 0.658. The van der Waals surface area contributed by atoms with Crippen LogP contribution in [0.4, 0.5) is 0 Å². The molecule has 124 valence electrons. The van der Waals surface area contributed by atoms with Crippen LogP contribution in [-0.4, -0.2) is 9.97 Å². The molecule has 0 aliphatic heterocycles. The molecule has 0 saturated heterocycles. The second kappa shape index (κ2) is 7.07. The highest BCUT2D eigenvalue weighted by atomic mass is 14.9. The molecule has 0 spiro atoms. The Morgan fingerprint density at radius 2 is 1.61 bits per heavy atom. The molecule has 4 rings (SSSR count). The molecule has 0 bridgehead atoms. The number of hydrogen-bond donors (Lipinski definition) is 1. The second-order valence-corrected chi connectivity index (χ2v) is 7.88. The molecule has 1 heterocycles. The van der Waals surface area contributed by atoms with Gasteiger partial charge < -0.3 is 4.98 Å². The van der Waals surface area contributed by atoms with Crippen LogP contribution in [-0.2, 0) is 0 Å². The largest absolute Gasteiger partial charge is 0.342 e. The van der Waals surface area contributed by atoms with Gasteiger partial charge in [0.05, 0.1) is 11.0 Å². The zero-order chi connectivity index (χ0) is 15.5. The molecule has 2 fully saturated rings. The van der Waals surface area contributed by atoms with Crippen molar-refractivity contribution < 1.29 is 0 Å². The summed E-state index contributed by atoms with van der Waals surface area (Å²) in [5, 5.41) is 0. The lowest BCUT2D eigenvalue weighted by atomic mass is 9.73. The van der Waals surface area contributed by atoms with Crippen molar-refractivity contribution in [2.45, 2.75) is 76.5 Å². The molecule has 2 aliphatic carbocycles. The highest BCUT2D eigenvalue weighted by Gasteiger charge is 2.30. The molecule has 23 heavy (non-hydrogen) atoms. The molecule has 2 aliphatic rings. The van der Waals surface area contributed by atoms with E-state index in [0.717, 1.165) is 17.4 Å². The molecular formula is C21H30N2. The van der Waals surface area contributed by atoms with Crippen LogP contribution in [0.25, 0.3) is 11.0 Å². The molecule has 1 aromatic heterocycles. The first-order valence-corrected chi connectivity index (χ1v) is 9.85. The smallest absolute Gasteiger partial charge is 0.110 e. The number of H-pyrrole nitrogens is 1. The monoisotopic (exact) mass is 310 g/mol. The number of hydrogen-bond acceptors (Lipinski definition) is 1. The minimum Gasteiger partial charge on any atom is -0.342 e. The van der Waals surface area contributed by atoms with E-state index in [1.807, 2.05) is 0 Å². The van der Waals surface area contributed by atoms with Crippen molar-refractivity contribution in [1.82, 2.24) is 9.97 Å². The molecule has 1 atom stereocenters. The molecule has 1 N–H and O–H groups in total. The van der Waals surface area contributed by atoms with E-state index in [1.165, 1.54) is 82.0 Å². The van der Waals surface area contributed by atoms with E-state index in [-0.39, 0.29) is 0 Å². The predicted octanol–water partition coefficient (Wildman–Crippen LogP) is 6.20. The number of aromatic nitrogens is 2. The summed E-state index contributed by atoms with van der Waals surface area (Å²) in [6.07, 6.45) is 15.7. The average Bonchev–Trinajstić information content (AvgIpc) is 3.05. The van der Waals surface area contributed by atoms with E-state index in [9.17, 15) is 0 Å². The van der Waals surface area contributed by atoms with Crippen LogP contribution in [0, 0.1) is 11.8 Å². The Bertz CT molecular complexity index is 585. The van der Waals surface area contributed by atoms with Gasteiger partial charge in [0.2, 0.25) is 0 Å². The van der Waals surface area contributed by atoms with Gasteiger partial charge in [0.25, 0.3) is 0 Å². The Kier molecular flexibility index (Phi) is 4.68. The van der Waals surface area contributed by atoms with E-state index in [4.69, 9.17) is 4.98 Å². The first-order chi connectivity index (χ1) is 11.4. The van der Waals surface area contributed by atoms with Crippen LogP contribution in [0.15, 0.2) is 24.3 Å². The zero-order valence-corrected chi connectivity index (χ0v) is 14.3. The molecule has 1 aromatic carbocycles. The number of rotatable bonds is 4. The summed E-state index contributed by atoms with van der Waals surface area (Å²) in [4.78, 5) is 8.67. The van der Waals surface area contributed by atoms with Crippen molar-refractivity contribution in [2.24, 2.45) is 11.8 Å². The first-order valence-electron chi connectivity index (χ1n) is 9.85. The van der Waals surface area contributed by atoms with Gasteiger partial charge in [-0.1, -0.05) is 63.5 Å². The van der Waals surface area contributed by atoms with Gasteiger partial charge in [-0.05, 0) is 43.2 Å². The number of fused-ring (bicyclic) bond motifs is 1. The maximum absolute atomic E-state index is 5.00. The molecule has 2 aromatic rings. The van der Waals surface area contributed by atoms with Gasteiger partial charge >= 0.3 is 0 Å². The Morgan fingerprint density at radius 1 is 0.913 bits per heavy atom. The average molecular weight is 310 g/mol. The van der Waals surface area contributed by atoms with E-state index < -0.39 is 0 Å². The molecule has 0 amide bonds. The maximum Gasteiger partial charge on any atom is 0.110 e. The highest BCUT2D eigenvalue weighted by Crippen LogP contribution is 2.42. The van der Waals surface area contributed by atoms with E-state index in [1.54, 1.807) is 0 Å². The standard InChI is InChI=1S/C21H30N2/c1-3-9-16(10-4-1)15-18(17-11-5-2-6-12-17)21-22-19-13-7-8-14-20(19)23-21/h7-8,13-14,16-18H,1-6,9-12,15H2,(H,22,23). The summed E-state index contributed by atoms with van der Waals surface area (Å²) in [6.45, 7) is 0. The third kappa shape index (κ3) is 3.46. The van der Waals surface area contributed by atoms with Gasteiger partial charge in [0.1, 0.15) is 5.82 Å². The molecule has 2 heteroatoms. The second-order valence-electron chi connectivity index (χ2n) is 7.88. The lowest BCUT2D eigenvalue weighted by Gasteiger charge is -2.33. The number of aromatic amines is 1. The fraction of sp³-hybridized carbons (Fsp3) is 0.667. The minimum absolute atomic E-state index is 0.658. The third-order valence-corrected chi connectivity index (χ3v) is 6.29.